The summed E-state index contributed by atoms with van der Waals surface area (Å²) < 4.78 is 15.3. The van der Waals surface area contributed by atoms with E-state index in [1.807, 2.05) is 18.9 Å². The molecule has 26 heavy (non-hydrogen) atoms. The Morgan fingerprint density at radius 3 is 2.85 bits per heavy atom. The maximum absolute atomic E-state index is 13.5. The number of halogens is 1. The highest BCUT2D eigenvalue weighted by Gasteiger charge is 2.49. The fourth-order valence-electron chi connectivity index (χ4n) is 3.71. The van der Waals surface area contributed by atoms with Gasteiger partial charge in [-0.2, -0.15) is 5.10 Å². The van der Waals surface area contributed by atoms with Gasteiger partial charge < -0.3 is 10.2 Å². The van der Waals surface area contributed by atoms with Gasteiger partial charge in [0.25, 0.3) is 0 Å². The van der Waals surface area contributed by atoms with Gasteiger partial charge in [0.15, 0.2) is 0 Å². The van der Waals surface area contributed by atoms with Gasteiger partial charge in [-0.25, -0.2) is 4.39 Å². The molecule has 6 nitrogen and oxygen atoms in total. The van der Waals surface area contributed by atoms with Gasteiger partial charge in [-0.15, -0.1) is 0 Å². The van der Waals surface area contributed by atoms with E-state index in [1.54, 1.807) is 23.0 Å². The van der Waals surface area contributed by atoms with Crippen molar-refractivity contribution in [1.29, 1.82) is 0 Å². The topological polar surface area (TPSA) is 78.6 Å². The highest BCUT2D eigenvalue weighted by Crippen LogP contribution is 2.35. The zero-order valence-corrected chi connectivity index (χ0v) is 15.0. The average Bonchev–Trinajstić information content (AvgIpc) is 2.90. The quantitative estimate of drug-likeness (QED) is 0.848. The maximum Gasteiger partial charge on any atom is 0.313 e. The Kier molecular flexibility index (Phi) is 5.11. The molecule has 0 bridgehead atoms. The SMILES string of the molecule is Cc1c(CN2CC[C@@H](O)[C@](Cc3cccc(F)c3)(C(=O)O)C2)cnn1C. The molecule has 140 valence electrons. The summed E-state index contributed by atoms with van der Waals surface area (Å²) in [5.41, 5.74) is 1.28. The fourth-order valence-corrected chi connectivity index (χ4v) is 3.71. The van der Waals surface area contributed by atoms with Gasteiger partial charge in [-0.1, -0.05) is 12.1 Å². The Hall–Kier alpha value is -2.25. The van der Waals surface area contributed by atoms with Gasteiger partial charge in [0, 0.05) is 37.9 Å². The number of carbonyl (C=O) groups is 1. The molecule has 0 amide bonds. The molecule has 3 rings (SSSR count). The number of carboxylic acid groups (broad SMARTS) is 1. The summed E-state index contributed by atoms with van der Waals surface area (Å²) >= 11 is 0. The Morgan fingerprint density at radius 2 is 2.23 bits per heavy atom. The molecule has 0 aliphatic carbocycles. The van der Waals surface area contributed by atoms with Crippen molar-refractivity contribution in [2.75, 3.05) is 13.1 Å². The van der Waals surface area contributed by atoms with Gasteiger partial charge in [0.05, 0.1) is 12.3 Å². The first-order chi connectivity index (χ1) is 12.3. The molecular formula is C19H24FN3O3. The molecule has 7 heteroatoms. The number of aliphatic carboxylic acids is 1. The monoisotopic (exact) mass is 361 g/mol. The molecule has 2 heterocycles. The van der Waals surface area contributed by atoms with E-state index in [-0.39, 0.29) is 13.0 Å². The number of piperidine rings is 1. The van der Waals surface area contributed by atoms with Crippen LogP contribution in [0.5, 0.6) is 0 Å². The molecule has 1 aliphatic heterocycles. The van der Waals surface area contributed by atoms with Crippen molar-refractivity contribution < 1.29 is 19.4 Å². The molecular weight excluding hydrogens is 337 g/mol. The highest BCUT2D eigenvalue weighted by molar-refractivity contribution is 5.76. The molecule has 1 aromatic heterocycles. The number of aliphatic hydroxyl groups excluding tert-OH is 1. The van der Waals surface area contributed by atoms with Crippen LogP contribution < -0.4 is 0 Å². The third kappa shape index (κ3) is 3.50. The average molecular weight is 361 g/mol. The van der Waals surface area contributed by atoms with E-state index < -0.39 is 23.3 Å². The second kappa shape index (κ2) is 7.17. The molecule has 2 atom stereocenters. The summed E-state index contributed by atoms with van der Waals surface area (Å²) in [6, 6.07) is 5.92. The molecule has 0 saturated carbocycles. The van der Waals surface area contributed by atoms with Gasteiger partial charge in [-0.3, -0.25) is 14.4 Å². The van der Waals surface area contributed by atoms with Crippen LogP contribution in [-0.2, 0) is 24.8 Å². The lowest BCUT2D eigenvalue weighted by Crippen LogP contribution is -2.56. The van der Waals surface area contributed by atoms with Crippen LogP contribution in [0.4, 0.5) is 4.39 Å². The van der Waals surface area contributed by atoms with Crippen LogP contribution in [0.1, 0.15) is 23.2 Å². The molecule has 1 fully saturated rings. The lowest BCUT2D eigenvalue weighted by Gasteiger charge is -2.43. The van der Waals surface area contributed by atoms with E-state index in [2.05, 4.69) is 5.10 Å². The number of likely N-dealkylation sites (tertiary alicyclic amines) is 1. The molecule has 2 aromatic rings. The Morgan fingerprint density at radius 1 is 1.46 bits per heavy atom. The Balaban J connectivity index is 1.85. The Labute approximate surface area is 151 Å². The molecule has 1 aromatic carbocycles. The van der Waals surface area contributed by atoms with Gasteiger partial charge >= 0.3 is 5.97 Å². The number of carboxylic acids is 1. The smallest absolute Gasteiger partial charge is 0.313 e. The minimum absolute atomic E-state index is 0.0871. The van der Waals surface area contributed by atoms with Crippen LogP contribution in [-0.4, -0.2) is 50.1 Å². The van der Waals surface area contributed by atoms with Crippen LogP contribution >= 0.6 is 0 Å². The molecule has 2 N–H and O–H groups in total. The summed E-state index contributed by atoms with van der Waals surface area (Å²) in [6.07, 6.45) is 1.26. The van der Waals surface area contributed by atoms with Crippen molar-refractivity contribution in [3.63, 3.8) is 0 Å². The largest absolute Gasteiger partial charge is 0.481 e. The maximum atomic E-state index is 13.5. The zero-order valence-electron chi connectivity index (χ0n) is 15.0. The first-order valence-corrected chi connectivity index (χ1v) is 8.67. The summed E-state index contributed by atoms with van der Waals surface area (Å²) in [5, 5.41) is 24.7. The van der Waals surface area contributed by atoms with Crippen LogP contribution in [0.25, 0.3) is 0 Å². The van der Waals surface area contributed by atoms with Crippen molar-refractivity contribution in [1.82, 2.24) is 14.7 Å². The Bertz CT molecular complexity index is 807. The van der Waals surface area contributed by atoms with Crippen LogP contribution in [0.3, 0.4) is 0 Å². The second-order valence-corrected chi connectivity index (χ2v) is 7.16. The van der Waals surface area contributed by atoms with Crippen molar-refractivity contribution in [3.05, 3.63) is 53.1 Å². The summed E-state index contributed by atoms with van der Waals surface area (Å²) in [7, 11) is 1.87. The van der Waals surface area contributed by atoms with Crippen molar-refractivity contribution in [2.45, 2.75) is 32.4 Å². The molecule has 0 radical (unpaired) electrons. The predicted octanol–water partition coefficient (Wildman–Crippen LogP) is 1.75. The minimum Gasteiger partial charge on any atom is -0.481 e. The summed E-state index contributed by atoms with van der Waals surface area (Å²) in [5.74, 6) is -1.46. The van der Waals surface area contributed by atoms with E-state index in [9.17, 15) is 19.4 Å². The van der Waals surface area contributed by atoms with Crippen molar-refractivity contribution >= 4 is 5.97 Å². The van der Waals surface area contributed by atoms with Crippen LogP contribution in [0, 0.1) is 18.2 Å². The number of aryl methyl sites for hydroxylation is 1. The lowest BCUT2D eigenvalue weighted by molar-refractivity contribution is -0.163. The number of hydrogen-bond donors (Lipinski definition) is 2. The van der Waals surface area contributed by atoms with E-state index in [4.69, 9.17) is 0 Å². The van der Waals surface area contributed by atoms with Gasteiger partial charge in [0.2, 0.25) is 0 Å². The number of rotatable bonds is 5. The normalized spacial score (nSPS) is 23.9. The van der Waals surface area contributed by atoms with Crippen molar-refractivity contribution in [3.8, 4) is 0 Å². The number of aliphatic hydroxyl groups is 1. The van der Waals surface area contributed by atoms with E-state index >= 15 is 0 Å². The first-order valence-electron chi connectivity index (χ1n) is 8.67. The van der Waals surface area contributed by atoms with E-state index in [0.29, 0.717) is 25.1 Å². The minimum atomic E-state index is -1.36. The lowest BCUT2D eigenvalue weighted by atomic mass is 9.72. The number of aromatic nitrogens is 2. The summed E-state index contributed by atoms with van der Waals surface area (Å²) in [6.45, 7) is 3.35. The van der Waals surface area contributed by atoms with Crippen LogP contribution in [0.15, 0.2) is 30.5 Å². The number of benzene rings is 1. The van der Waals surface area contributed by atoms with E-state index in [1.165, 1.54) is 12.1 Å². The molecule has 1 aliphatic rings. The molecule has 1 saturated heterocycles. The first kappa shape index (κ1) is 18.5. The summed E-state index contributed by atoms with van der Waals surface area (Å²) in [4.78, 5) is 14.2. The van der Waals surface area contributed by atoms with Gasteiger partial charge in [-0.05, 0) is 37.5 Å². The van der Waals surface area contributed by atoms with Gasteiger partial charge in [0.1, 0.15) is 11.2 Å². The third-order valence-corrected chi connectivity index (χ3v) is 5.43. The molecule has 0 unspecified atom stereocenters. The molecule has 0 spiro atoms. The fraction of sp³-hybridized carbons (Fsp3) is 0.474. The predicted molar refractivity (Wildman–Crippen MR) is 94.0 cm³/mol. The van der Waals surface area contributed by atoms with Crippen LogP contribution in [0.2, 0.25) is 0 Å². The number of hydrogen-bond acceptors (Lipinski definition) is 4. The zero-order chi connectivity index (χ0) is 18.9. The number of nitrogens with zero attached hydrogens (tertiary/aromatic N) is 3. The highest BCUT2D eigenvalue weighted by atomic mass is 19.1. The third-order valence-electron chi connectivity index (χ3n) is 5.43. The van der Waals surface area contributed by atoms with E-state index in [0.717, 1.165) is 11.3 Å². The second-order valence-electron chi connectivity index (χ2n) is 7.16. The standard InChI is InChI=1S/C19H24FN3O3/c1-13-15(10-21-22(13)2)11-23-7-6-17(24)19(12-23,18(25)26)9-14-4-3-5-16(20)8-14/h3-5,8,10,17,24H,6-7,9,11-12H2,1-2H3,(H,25,26)/t17-,19-/m1/s1. The van der Waals surface area contributed by atoms with Crippen molar-refractivity contribution in [2.24, 2.45) is 12.5 Å².